The molecule has 200 valence electrons. The Morgan fingerprint density at radius 1 is 1.13 bits per heavy atom. The van der Waals surface area contributed by atoms with E-state index in [1.54, 1.807) is 6.07 Å². The number of carbonyl (C=O) groups is 2. The second-order valence-corrected chi connectivity index (χ2v) is 13.8. The molecule has 1 N–H and O–H groups in total. The van der Waals surface area contributed by atoms with Gasteiger partial charge in [0.1, 0.15) is 4.88 Å². The van der Waals surface area contributed by atoms with E-state index in [-0.39, 0.29) is 33.3 Å². The number of nitrogens with zero attached hydrogens (tertiary/aromatic N) is 3. The van der Waals surface area contributed by atoms with E-state index in [1.807, 2.05) is 26.8 Å². The van der Waals surface area contributed by atoms with E-state index in [0.29, 0.717) is 10.4 Å². The number of hydrogen-bond acceptors (Lipinski definition) is 6. The Kier molecular flexibility index (Phi) is 7.98. The summed E-state index contributed by atoms with van der Waals surface area (Å²) in [4.78, 5) is 28.0. The first-order valence-electron chi connectivity index (χ1n) is 12.6. The molecule has 8 nitrogen and oxygen atoms in total. The number of thiophene rings is 1. The zero-order chi connectivity index (χ0) is 27.7. The number of rotatable bonds is 5. The highest BCUT2D eigenvalue weighted by atomic mass is 32.2. The molecule has 1 aliphatic carbocycles. The Labute approximate surface area is 227 Å². The molecule has 2 heterocycles. The van der Waals surface area contributed by atoms with Crippen LogP contribution in [-0.4, -0.2) is 48.8 Å². The van der Waals surface area contributed by atoms with Gasteiger partial charge in [-0.25, -0.2) is 13.2 Å². The molecule has 1 aromatic carbocycles. The Morgan fingerprint density at radius 2 is 1.79 bits per heavy atom. The van der Waals surface area contributed by atoms with E-state index in [9.17, 15) is 23.1 Å². The number of nitriles is 1. The zero-order valence-corrected chi connectivity index (χ0v) is 23.4. The first kappa shape index (κ1) is 27.8. The maximum absolute atomic E-state index is 13.7. The molecule has 10 heteroatoms. The molecule has 38 heavy (non-hydrogen) atoms. The molecule has 1 amide bonds. The predicted octanol–water partition coefficient (Wildman–Crippen LogP) is 4.70. The van der Waals surface area contributed by atoms with Crippen molar-refractivity contribution in [1.29, 1.82) is 5.26 Å². The number of carbonyl (C=O) groups excluding carboxylic acids is 1. The van der Waals surface area contributed by atoms with Gasteiger partial charge in [-0.15, -0.1) is 11.3 Å². The molecular formula is C28H31N3O5S2. The maximum Gasteiger partial charge on any atom is 0.348 e. The van der Waals surface area contributed by atoms with Crippen molar-refractivity contribution in [2.45, 2.75) is 63.8 Å². The third-order valence-corrected chi connectivity index (χ3v) is 9.70. The molecule has 1 saturated heterocycles. The molecule has 1 aromatic heterocycles. The number of carboxylic acid groups (broad SMARTS) is 1. The summed E-state index contributed by atoms with van der Waals surface area (Å²) in [7, 11) is -4.00. The number of hydrogen-bond donors (Lipinski definition) is 1. The van der Waals surface area contributed by atoms with Gasteiger partial charge in [-0.2, -0.15) is 9.57 Å². The van der Waals surface area contributed by atoms with Crippen LogP contribution in [0.3, 0.4) is 0 Å². The van der Waals surface area contributed by atoms with Gasteiger partial charge < -0.3 is 10.0 Å². The quantitative estimate of drug-likeness (QED) is 0.536. The van der Waals surface area contributed by atoms with Crippen molar-refractivity contribution < 1.29 is 23.1 Å². The van der Waals surface area contributed by atoms with Gasteiger partial charge in [0.05, 0.1) is 39.7 Å². The van der Waals surface area contributed by atoms with E-state index >= 15 is 0 Å². The number of benzene rings is 1. The zero-order valence-electron chi connectivity index (χ0n) is 21.7. The van der Waals surface area contributed by atoms with Gasteiger partial charge in [-0.1, -0.05) is 31.1 Å². The molecule has 1 aliphatic heterocycles. The molecule has 0 bridgehead atoms. The van der Waals surface area contributed by atoms with Crippen LogP contribution in [0.25, 0.3) is 0 Å². The van der Waals surface area contributed by atoms with Gasteiger partial charge in [0.2, 0.25) is 15.9 Å². The van der Waals surface area contributed by atoms with Crippen LogP contribution in [0.2, 0.25) is 0 Å². The molecule has 2 fully saturated rings. The molecule has 0 radical (unpaired) electrons. The monoisotopic (exact) mass is 553 g/mol. The maximum atomic E-state index is 13.7. The van der Waals surface area contributed by atoms with Crippen LogP contribution in [0.15, 0.2) is 35.2 Å². The van der Waals surface area contributed by atoms with Crippen LogP contribution in [0, 0.1) is 34.5 Å². The highest BCUT2D eigenvalue weighted by molar-refractivity contribution is 7.89. The Balaban J connectivity index is 1.75. The molecular weight excluding hydrogens is 522 g/mol. The van der Waals surface area contributed by atoms with E-state index < -0.39 is 34.5 Å². The van der Waals surface area contributed by atoms with Gasteiger partial charge in [-0.05, 0) is 69.9 Å². The van der Waals surface area contributed by atoms with Gasteiger partial charge in [0.15, 0.2) is 0 Å². The lowest BCUT2D eigenvalue weighted by molar-refractivity contribution is -0.121. The van der Waals surface area contributed by atoms with E-state index in [1.165, 1.54) is 33.5 Å². The van der Waals surface area contributed by atoms with Crippen LogP contribution in [0.5, 0.6) is 0 Å². The van der Waals surface area contributed by atoms with Gasteiger partial charge in [-0.3, -0.25) is 4.79 Å². The summed E-state index contributed by atoms with van der Waals surface area (Å²) < 4.78 is 28.2. The lowest BCUT2D eigenvalue weighted by Crippen LogP contribution is -2.60. The summed E-state index contributed by atoms with van der Waals surface area (Å²) in [5, 5.41) is 19.0. The SMILES string of the molecule is CC(C)(C)C#Cc1cc(N2C(=O)CN(S(=O)(=O)c3ccc(C#N)cc3)CC2C2CCCCC2)c(C(=O)O)s1. The van der Waals surface area contributed by atoms with Crippen molar-refractivity contribution in [1.82, 2.24) is 4.31 Å². The normalized spacial score (nSPS) is 19.5. The van der Waals surface area contributed by atoms with Gasteiger partial charge in [0.25, 0.3) is 0 Å². The Hall–Kier alpha value is -3.18. The number of sulfonamides is 1. The van der Waals surface area contributed by atoms with Crippen molar-refractivity contribution in [2.75, 3.05) is 18.0 Å². The molecule has 0 spiro atoms. The molecule has 1 unspecified atom stereocenters. The summed E-state index contributed by atoms with van der Waals surface area (Å²) in [6.45, 7) is 5.55. The molecule has 1 atom stereocenters. The van der Waals surface area contributed by atoms with Crippen molar-refractivity contribution in [3.8, 4) is 17.9 Å². The van der Waals surface area contributed by atoms with Crippen LogP contribution in [-0.2, 0) is 14.8 Å². The van der Waals surface area contributed by atoms with Crippen molar-refractivity contribution in [3.63, 3.8) is 0 Å². The smallest absolute Gasteiger partial charge is 0.348 e. The second kappa shape index (κ2) is 10.9. The standard InChI is InChI=1S/C28H31N3O5S2/c1-28(2,3)14-13-21-15-23(26(37-21)27(33)34)31-24(20-7-5-4-6-8-20)17-30(18-25(31)32)38(35,36)22-11-9-19(16-29)10-12-22/h9-12,15,20,24H,4-8,17-18H2,1-3H3,(H,33,34). The van der Waals surface area contributed by atoms with Crippen LogP contribution in [0.1, 0.15) is 73.0 Å². The first-order chi connectivity index (χ1) is 17.9. The van der Waals surface area contributed by atoms with E-state index in [0.717, 1.165) is 43.4 Å². The summed E-state index contributed by atoms with van der Waals surface area (Å²) in [6.07, 6.45) is 4.70. The molecule has 2 aliphatic rings. The highest BCUT2D eigenvalue weighted by Gasteiger charge is 2.44. The van der Waals surface area contributed by atoms with Crippen molar-refractivity contribution in [3.05, 3.63) is 45.6 Å². The molecule has 2 aromatic rings. The van der Waals surface area contributed by atoms with Crippen LogP contribution in [0.4, 0.5) is 5.69 Å². The number of carboxylic acids is 1. The summed E-state index contributed by atoms with van der Waals surface area (Å²) in [5.74, 6) is 4.60. The third kappa shape index (κ3) is 5.94. The fourth-order valence-corrected chi connectivity index (χ4v) is 7.27. The van der Waals surface area contributed by atoms with Gasteiger partial charge >= 0.3 is 5.97 Å². The lowest BCUT2D eigenvalue weighted by Gasteiger charge is -2.44. The minimum Gasteiger partial charge on any atom is -0.477 e. The molecule has 4 rings (SSSR count). The fraction of sp³-hybridized carbons (Fsp3) is 0.464. The lowest BCUT2D eigenvalue weighted by atomic mass is 9.82. The number of aromatic carboxylic acids is 1. The Bertz CT molecular complexity index is 1430. The minimum atomic E-state index is -4.00. The Morgan fingerprint density at radius 3 is 2.37 bits per heavy atom. The summed E-state index contributed by atoms with van der Waals surface area (Å²) >= 11 is 1.03. The number of amides is 1. The molecule has 1 saturated carbocycles. The summed E-state index contributed by atoms with van der Waals surface area (Å²) in [5.41, 5.74) is 0.352. The minimum absolute atomic E-state index is 0.0154. The second-order valence-electron chi connectivity index (χ2n) is 10.8. The highest BCUT2D eigenvalue weighted by Crippen LogP contribution is 2.39. The van der Waals surface area contributed by atoms with E-state index in [2.05, 4.69) is 11.8 Å². The number of anilines is 1. The van der Waals surface area contributed by atoms with E-state index in [4.69, 9.17) is 5.26 Å². The fourth-order valence-electron chi connectivity index (χ4n) is 5.02. The van der Waals surface area contributed by atoms with Crippen molar-refractivity contribution in [2.24, 2.45) is 11.3 Å². The number of piperazine rings is 1. The van der Waals surface area contributed by atoms with Crippen LogP contribution >= 0.6 is 11.3 Å². The predicted molar refractivity (Wildman–Crippen MR) is 145 cm³/mol. The van der Waals surface area contributed by atoms with Crippen molar-refractivity contribution >= 4 is 38.9 Å². The largest absolute Gasteiger partial charge is 0.477 e. The summed E-state index contributed by atoms with van der Waals surface area (Å²) in [6, 6.07) is 8.76. The first-order valence-corrected chi connectivity index (χ1v) is 14.9. The topological polar surface area (TPSA) is 119 Å². The average molecular weight is 554 g/mol. The average Bonchev–Trinajstić information content (AvgIpc) is 3.31. The van der Waals surface area contributed by atoms with Gasteiger partial charge in [0, 0.05) is 12.0 Å². The third-order valence-electron chi connectivity index (χ3n) is 6.84. The van der Waals surface area contributed by atoms with Crippen LogP contribution < -0.4 is 4.90 Å².